The number of carbonyl (C=O) groups is 1. The maximum absolute atomic E-state index is 11.5. The Bertz CT molecular complexity index is 215. The molecule has 0 aliphatic carbocycles. The maximum Gasteiger partial charge on any atom is 0.223 e. The molecule has 18 heavy (non-hydrogen) atoms. The summed E-state index contributed by atoms with van der Waals surface area (Å²) >= 11 is 0. The predicted octanol–water partition coefficient (Wildman–Crippen LogP) is 4.43. The summed E-state index contributed by atoms with van der Waals surface area (Å²) in [5.41, 5.74) is 0. The van der Waals surface area contributed by atoms with Gasteiger partial charge in [0.1, 0.15) is 0 Å². The molecule has 1 unspecified atom stereocenters. The number of rotatable bonds is 10. The van der Waals surface area contributed by atoms with E-state index < -0.39 is 0 Å². The van der Waals surface area contributed by atoms with Crippen LogP contribution in [0.1, 0.15) is 84.0 Å². The summed E-state index contributed by atoms with van der Waals surface area (Å²) < 4.78 is 0. The summed E-state index contributed by atoms with van der Waals surface area (Å²) in [5, 5.41) is 2.97. The van der Waals surface area contributed by atoms with Crippen LogP contribution in [0.4, 0.5) is 0 Å². The van der Waals surface area contributed by atoms with Crippen molar-refractivity contribution in [3.63, 3.8) is 0 Å². The number of unbranched alkanes of at least 4 members (excludes halogenated alkanes) is 8. The fraction of sp³-hybridized carbons (Fsp3) is 0.938. The number of hydrogen-bond donors (Lipinski definition) is 1. The van der Waals surface area contributed by atoms with Crippen LogP contribution in [0.2, 0.25) is 0 Å². The summed E-state index contributed by atoms with van der Waals surface area (Å²) in [5.74, 6) is 0.629. The zero-order chi connectivity index (χ0) is 13.1. The second-order valence-electron chi connectivity index (χ2n) is 5.75. The van der Waals surface area contributed by atoms with Crippen LogP contribution < -0.4 is 5.32 Å². The third kappa shape index (κ3) is 7.03. The molecule has 2 nitrogen and oxygen atoms in total. The van der Waals surface area contributed by atoms with Gasteiger partial charge in [-0.05, 0) is 19.3 Å². The van der Waals surface area contributed by atoms with Crippen molar-refractivity contribution in [1.82, 2.24) is 5.32 Å². The summed E-state index contributed by atoms with van der Waals surface area (Å²) in [6.07, 6.45) is 15.7. The summed E-state index contributed by atoms with van der Waals surface area (Å²) in [7, 11) is 0. The third-order valence-corrected chi connectivity index (χ3v) is 4.06. The van der Waals surface area contributed by atoms with Gasteiger partial charge in [0.15, 0.2) is 0 Å². The summed E-state index contributed by atoms with van der Waals surface area (Å²) in [4.78, 5) is 11.5. The van der Waals surface area contributed by atoms with E-state index in [9.17, 15) is 4.79 Å². The lowest BCUT2D eigenvalue weighted by Crippen LogP contribution is -2.36. The van der Waals surface area contributed by atoms with E-state index in [1.165, 1.54) is 64.2 Å². The number of amides is 1. The topological polar surface area (TPSA) is 29.1 Å². The van der Waals surface area contributed by atoms with Crippen LogP contribution in [0.5, 0.6) is 0 Å². The average Bonchev–Trinajstić information content (AvgIpc) is 2.39. The minimum atomic E-state index is 0.306. The normalized spacial score (nSPS) is 19.8. The van der Waals surface area contributed by atoms with Crippen LogP contribution in [-0.4, -0.2) is 12.5 Å². The molecule has 0 radical (unpaired) electrons. The van der Waals surface area contributed by atoms with Gasteiger partial charge in [-0.25, -0.2) is 0 Å². The molecule has 1 rings (SSSR count). The summed E-state index contributed by atoms with van der Waals surface area (Å²) in [6, 6.07) is 0. The lowest BCUT2D eigenvalue weighted by molar-refractivity contribution is -0.126. The Balaban J connectivity index is 1.84. The third-order valence-electron chi connectivity index (χ3n) is 4.06. The Morgan fingerprint density at radius 2 is 1.61 bits per heavy atom. The van der Waals surface area contributed by atoms with Crippen molar-refractivity contribution < 1.29 is 4.79 Å². The molecule has 1 atom stereocenters. The second-order valence-corrected chi connectivity index (χ2v) is 5.75. The van der Waals surface area contributed by atoms with E-state index in [1.807, 2.05) is 0 Å². The standard InChI is InChI=1S/C16H31NO/c1-2-3-4-5-6-7-8-9-10-12-15-13-11-14-17-16(15)18/h15H,2-14H2,1H3,(H,17,18). The average molecular weight is 253 g/mol. The number of hydrogen-bond acceptors (Lipinski definition) is 1. The molecule has 1 heterocycles. The first-order chi connectivity index (χ1) is 8.84. The Morgan fingerprint density at radius 1 is 1.00 bits per heavy atom. The van der Waals surface area contributed by atoms with Gasteiger partial charge < -0.3 is 5.32 Å². The largest absolute Gasteiger partial charge is 0.356 e. The van der Waals surface area contributed by atoms with E-state index in [2.05, 4.69) is 12.2 Å². The van der Waals surface area contributed by atoms with Gasteiger partial charge >= 0.3 is 0 Å². The van der Waals surface area contributed by atoms with Gasteiger partial charge in [0, 0.05) is 12.5 Å². The molecule has 106 valence electrons. The molecule has 1 fully saturated rings. The molecule has 2 heteroatoms. The molecule has 1 saturated heterocycles. The van der Waals surface area contributed by atoms with Gasteiger partial charge in [-0.3, -0.25) is 4.79 Å². The molecule has 1 aliphatic rings. The first-order valence-corrected chi connectivity index (χ1v) is 8.12. The highest BCUT2D eigenvalue weighted by atomic mass is 16.1. The number of nitrogens with one attached hydrogen (secondary N) is 1. The van der Waals surface area contributed by atoms with Crippen molar-refractivity contribution in [2.45, 2.75) is 84.0 Å². The van der Waals surface area contributed by atoms with Gasteiger partial charge in [-0.2, -0.15) is 0 Å². The highest BCUT2D eigenvalue weighted by Gasteiger charge is 2.20. The van der Waals surface area contributed by atoms with Gasteiger partial charge in [-0.15, -0.1) is 0 Å². The molecule has 0 spiro atoms. The van der Waals surface area contributed by atoms with Crippen LogP contribution >= 0.6 is 0 Å². The number of carbonyl (C=O) groups excluding carboxylic acids is 1. The molecule has 1 N–H and O–H groups in total. The monoisotopic (exact) mass is 253 g/mol. The smallest absolute Gasteiger partial charge is 0.223 e. The molecule has 0 aromatic heterocycles. The molecule has 0 aromatic carbocycles. The van der Waals surface area contributed by atoms with Crippen LogP contribution in [0, 0.1) is 5.92 Å². The van der Waals surface area contributed by atoms with Crippen LogP contribution in [-0.2, 0) is 4.79 Å². The predicted molar refractivity (Wildman–Crippen MR) is 77.6 cm³/mol. The van der Waals surface area contributed by atoms with Gasteiger partial charge in [0.05, 0.1) is 0 Å². The van der Waals surface area contributed by atoms with Gasteiger partial charge in [0.2, 0.25) is 5.91 Å². The zero-order valence-corrected chi connectivity index (χ0v) is 12.2. The van der Waals surface area contributed by atoms with Crippen molar-refractivity contribution >= 4 is 5.91 Å². The van der Waals surface area contributed by atoms with Crippen molar-refractivity contribution in [2.24, 2.45) is 5.92 Å². The molecule has 0 aromatic rings. The highest BCUT2D eigenvalue weighted by Crippen LogP contribution is 2.19. The van der Waals surface area contributed by atoms with Crippen molar-refractivity contribution in [3.05, 3.63) is 0 Å². The van der Waals surface area contributed by atoms with Crippen LogP contribution in [0.3, 0.4) is 0 Å². The van der Waals surface area contributed by atoms with Gasteiger partial charge in [0.25, 0.3) is 0 Å². The molecule has 0 bridgehead atoms. The minimum Gasteiger partial charge on any atom is -0.356 e. The van der Waals surface area contributed by atoms with Crippen LogP contribution in [0.15, 0.2) is 0 Å². The lowest BCUT2D eigenvalue weighted by Gasteiger charge is -2.21. The van der Waals surface area contributed by atoms with Crippen LogP contribution in [0.25, 0.3) is 0 Å². The van der Waals surface area contributed by atoms with E-state index in [4.69, 9.17) is 0 Å². The van der Waals surface area contributed by atoms with Gasteiger partial charge in [-0.1, -0.05) is 64.7 Å². The van der Waals surface area contributed by atoms with E-state index >= 15 is 0 Å². The quantitative estimate of drug-likeness (QED) is 0.573. The molecular formula is C16H31NO. The first-order valence-electron chi connectivity index (χ1n) is 8.12. The Kier molecular flexibility index (Phi) is 8.97. The zero-order valence-electron chi connectivity index (χ0n) is 12.2. The fourth-order valence-corrected chi connectivity index (χ4v) is 2.81. The SMILES string of the molecule is CCCCCCCCCCCC1CCCNC1=O. The molecule has 1 aliphatic heterocycles. The second kappa shape index (κ2) is 10.4. The molecule has 1 amide bonds. The molecule has 0 saturated carbocycles. The Labute approximate surface area is 113 Å². The van der Waals surface area contributed by atoms with Crippen molar-refractivity contribution in [3.8, 4) is 0 Å². The summed E-state index contributed by atoms with van der Waals surface area (Å²) in [6.45, 7) is 3.16. The van der Waals surface area contributed by atoms with Crippen molar-refractivity contribution in [2.75, 3.05) is 6.54 Å². The van der Waals surface area contributed by atoms with E-state index in [0.717, 1.165) is 19.4 Å². The first kappa shape index (κ1) is 15.5. The van der Waals surface area contributed by atoms with E-state index in [1.54, 1.807) is 0 Å². The Morgan fingerprint density at radius 3 is 2.22 bits per heavy atom. The number of piperidine rings is 1. The lowest BCUT2D eigenvalue weighted by atomic mass is 9.92. The highest BCUT2D eigenvalue weighted by molar-refractivity contribution is 5.79. The van der Waals surface area contributed by atoms with E-state index in [-0.39, 0.29) is 0 Å². The Hall–Kier alpha value is -0.530. The fourth-order valence-electron chi connectivity index (χ4n) is 2.81. The van der Waals surface area contributed by atoms with E-state index in [0.29, 0.717) is 11.8 Å². The van der Waals surface area contributed by atoms with Crippen molar-refractivity contribution in [1.29, 1.82) is 0 Å². The minimum absolute atomic E-state index is 0.306. The molecular weight excluding hydrogens is 222 g/mol. The maximum atomic E-state index is 11.5.